The molecule has 0 amide bonds. The summed E-state index contributed by atoms with van der Waals surface area (Å²) in [6, 6.07) is 98.7. The SMILES string of the molecule is c1ccc([Si]2(c3cccc(-c4ccc(N(c5ccc6c(c5)sc5ccccc56)c5cccc6c5-c5ccccc5C65c6ccccc6-c6ccccc65)cc4)c3)c3ccccc3-c3ccccc32)cc1. The summed E-state index contributed by atoms with van der Waals surface area (Å²) >= 11 is 1.88. The Morgan fingerprint density at radius 2 is 0.857 bits per heavy atom. The van der Waals surface area contributed by atoms with Gasteiger partial charge in [-0.05, 0) is 118 Å². The lowest BCUT2D eigenvalue weighted by atomic mass is 9.70. The molecule has 0 fully saturated rings. The van der Waals surface area contributed by atoms with Gasteiger partial charge in [-0.15, -0.1) is 11.3 Å². The molecule has 3 heteroatoms. The van der Waals surface area contributed by atoms with Crippen LogP contribution in [0.4, 0.5) is 17.1 Å². The molecule has 0 unspecified atom stereocenters. The van der Waals surface area contributed by atoms with E-state index in [0.29, 0.717) is 0 Å². The lowest BCUT2D eigenvalue weighted by Crippen LogP contribution is -2.72. The fourth-order valence-corrected chi connectivity index (χ4v) is 19.4. The summed E-state index contributed by atoms with van der Waals surface area (Å²) < 4.78 is 2.59. The van der Waals surface area contributed by atoms with Crippen molar-refractivity contribution < 1.29 is 0 Å². The van der Waals surface area contributed by atoms with Crippen LogP contribution in [0.25, 0.3) is 64.7 Å². The van der Waals surface area contributed by atoms with Crippen molar-refractivity contribution in [2.45, 2.75) is 5.41 Å². The smallest absolute Gasteiger partial charge is 0.180 e. The largest absolute Gasteiger partial charge is 0.310 e. The van der Waals surface area contributed by atoms with E-state index in [0.717, 1.165) is 11.4 Å². The topological polar surface area (TPSA) is 3.24 Å². The van der Waals surface area contributed by atoms with Crippen molar-refractivity contribution in [3.05, 3.63) is 283 Å². The van der Waals surface area contributed by atoms with Gasteiger partial charge in [-0.3, -0.25) is 0 Å². The Bertz CT molecular complexity index is 4000. The van der Waals surface area contributed by atoms with Gasteiger partial charge in [0, 0.05) is 37.1 Å². The highest BCUT2D eigenvalue weighted by molar-refractivity contribution is 7.26. The number of hydrogen-bond donors (Lipinski definition) is 0. The van der Waals surface area contributed by atoms with E-state index in [4.69, 9.17) is 0 Å². The van der Waals surface area contributed by atoms with Crippen molar-refractivity contribution in [3.8, 4) is 44.5 Å². The molecule has 0 atom stereocenters. The maximum Gasteiger partial charge on any atom is 0.180 e. The third-order valence-corrected chi connectivity index (χ3v) is 21.8. The zero-order chi connectivity index (χ0) is 46.0. The fraction of sp³-hybridized carbons (Fsp3) is 0.0149. The molecule has 326 valence electrons. The first-order chi connectivity index (χ1) is 34.7. The Kier molecular flexibility index (Phi) is 8.54. The number of hydrogen-bond acceptors (Lipinski definition) is 2. The van der Waals surface area contributed by atoms with E-state index in [2.05, 4.69) is 266 Å². The van der Waals surface area contributed by atoms with Crippen molar-refractivity contribution in [3.63, 3.8) is 0 Å². The average molecular weight is 922 g/mol. The van der Waals surface area contributed by atoms with Crippen LogP contribution in [0.1, 0.15) is 22.3 Å². The zero-order valence-electron chi connectivity index (χ0n) is 38.2. The minimum Gasteiger partial charge on any atom is -0.310 e. The Labute approximate surface area is 412 Å². The minimum absolute atomic E-state index is 0.439. The second-order valence-corrected chi connectivity index (χ2v) is 23.9. The van der Waals surface area contributed by atoms with Gasteiger partial charge in [-0.25, -0.2) is 0 Å². The molecule has 3 aliphatic rings. The summed E-state index contributed by atoms with van der Waals surface area (Å²) in [5.41, 5.74) is 18.7. The van der Waals surface area contributed by atoms with E-state index in [1.165, 1.54) is 113 Å². The van der Waals surface area contributed by atoms with Crippen molar-refractivity contribution >= 4 is 77.4 Å². The van der Waals surface area contributed by atoms with Crippen molar-refractivity contribution in [1.29, 1.82) is 0 Å². The van der Waals surface area contributed by atoms with E-state index in [1.807, 2.05) is 11.3 Å². The second kappa shape index (κ2) is 15.1. The maximum atomic E-state index is 2.52. The Balaban J connectivity index is 0.924. The minimum atomic E-state index is -2.65. The van der Waals surface area contributed by atoms with Gasteiger partial charge in [0.25, 0.3) is 0 Å². The monoisotopic (exact) mass is 921 g/mol. The Hall–Kier alpha value is -8.34. The summed E-state index contributed by atoms with van der Waals surface area (Å²) in [5, 5.41) is 8.34. The van der Waals surface area contributed by atoms with E-state index in [9.17, 15) is 0 Å². The molecule has 0 N–H and O–H groups in total. The lowest BCUT2D eigenvalue weighted by Gasteiger charge is -2.32. The molecule has 1 nitrogen and oxygen atoms in total. The van der Waals surface area contributed by atoms with Crippen molar-refractivity contribution in [2.24, 2.45) is 0 Å². The average Bonchev–Trinajstić information content (AvgIpc) is 4.14. The summed E-state index contributed by atoms with van der Waals surface area (Å²) in [4.78, 5) is 2.52. The zero-order valence-corrected chi connectivity index (χ0v) is 40.0. The fourth-order valence-electron chi connectivity index (χ4n) is 13.0. The molecule has 0 bridgehead atoms. The van der Waals surface area contributed by atoms with Gasteiger partial charge in [-0.2, -0.15) is 0 Å². The molecule has 2 heterocycles. The molecule has 1 aromatic heterocycles. The molecule has 70 heavy (non-hydrogen) atoms. The van der Waals surface area contributed by atoms with Gasteiger partial charge < -0.3 is 4.90 Å². The highest BCUT2D eigenvalue weighted by Crippen LogP contribution is 2.64. The number of rotatable bonds is 6. The quantitative estimate of drug-likeness (QED) is 0.150. The van der Waals surface area contributed by atoms with E-state index in [-0.39, 0.29) is 0 Å². The molecule has 1 aliphatic heterocycles. The molecule has 1 spiro atoms. The molecular formula is C67H43NSSi. The Morgan fingerprint density at radius 1 is 0.329 bits per heavy atom. The first-order valence-corrected chi connectivity index (χ1v) is 27.1. The van der Waals surface area contributed by atoms with Gasteiger partial charge >= 0.3 is 0 Å². The third-order valence-electron chi connectivity index (χ3n) is 15.8. The molecular weight excluding hydrogens is 879 g/mol. The molecule has 11 aromatic carbocycles. The second-order valence-electron chi connectivity index (χ2n) is 19.0. The Morgan fingerprint density at radius 3 is 1.57 bits per heavy atom. The lowest BCUT2D eigenvalue weighted by molar-refractivity contribution is 0.794. The van der Waals surface area contributed by atoms with Gasteiger partial charge in [0.05, 0.1) is 11.1 Å². The van der Waals surface area contributed by atoms with Gasteiger partial charge in [0.15, 0.2) is 8.07 Å². The van der Waals surface area contributed by atoms with Crippen LogP contribution in [0.15, 0.2) is 261 Å². The van der Waals surface area contributed by atoms with Gasteiger partial charge in [-0.1, -0.05) is 224 Å². The summed E-state index contributed by atoms with van der Waals surface area (Å²) in [7, 11) is -2.65. The van der Waals surface area contributed by atoms with Crippen LogP contribution in [0.5, 0.6) is 0 Å². The van der Waals surface area contributed by atoms with E-state index in [1.54, 1.807) is 0 Å². The maximum absolute atomic E-state index is 2.65. The summed E-state index contributed by atoms with van der Waals surface area (Å²) in [5.74, 6) is 0. The normalized spacial score (nSPS) is 13.9. The molecule has 0 saturated heterocycles. The van der Waals surface area contributed by atoms with Crippen LogP contribution in [0.2, 0.25) is 0 Å². The van der Waals surface area contributed by atoms with Gasteiger partial charge in [0.1, 0.15) is 0 Å². The number of fused-ring (bicyclic) bond motifs is 16. The van der Waals surface area contributed by atoms with Crippen LogP contribution in [-0.2, 0) is 5.41 Å². The molecule has 0 saturated carbocycles. The highest BCUT2D eigenvalue weighted by Gasteiger charge is 2.52. The van der Waals surface area contributed by atoms with Crippen LogP contribution in [-0.4, -0.2) is 8.07 Å². The summed E-state index contributed by atoms with van der Waals surface area (Å²) in [6.45, 7) is 0. The molecule has 15 rings (SSSR count). The van der Waals surface area contributed by atoms with E-state index < -0.39 is 13.5 Å². The number of anilines is 3. The van der Waals surface area contributed by atoms with Crippen LogP contribution in [0, 0.1) is 0 Å². The van der Waals surface area contributed by atoms with Crippen molar-refractivity contribution in [2.75, 3.05) is 4.90 Å². The predicted octanol–water partition coefficient (Wildman–Crippen LogP) is 14.9. The van der Waals surface area contributed by atoms with Crippen LogP contribution < -0.4 is 25.6 Å². The van der Waals surface area contributed by atoms with Crippen LogP contribution in [0.3, 0.4) is 0 Å². The first-order valence-electron chi connectivity index (χ1n) is 24.3. The number of thiophene rings is 1. The number of nitrogens with zero attached hydrogens (tertiary/aromatic N) is 1. The predicted molar refractivity (Wildman–Crippen MR) is 298 cm³/mol. The van der Waals surface area contributed by atoms with Crippen LogP contribution >= 0.6 is 11.3 Å². The third kappa shape index (κ3) is 5.31. The first kappa shape index (κ1) is 39.6. The highest BCUT2D eigenvalue weighted by atomic mass is 32.1. The van der Waals surface area contributed by atoms with Crippen molar-refractivity contribution in [1.82, 2.24) is 0 Å². The molecule has 0 radical (unpaired) electrons. The van der Waals surface area contributed by atoms with E-state index >= 15 is 0 Å². The standard InChI is InChI=1S/C67H43NSSi/c1-2-19-48(20-3-1)70(64-34-14-8-25-54(64)55-26-9-15-35-65(55)70)49-21-16-18-45(42-49)44-36-38-46(39-37-44)68(47-40-41-53-52-24-7-13-33-62(52)69-63(53)43-47)61-32-17-31-60-66(61)56-27-6-12-30-59(56)67(60)57-28-10-4-22-50(57)51-23-5-11-29-58(51)67/h1-43H. The van der Waals surface area contributed by atoms with Gasteiger partial charge in [0.2, 0.25) is 0 Å². The number of benzene rings is 11. The molecule has 12 aromatic rings. The summed E-state index contributed by atoms with van der Waals surface area (Å²) in [6.07, 6.45) is 0. The molecule has 2 aliphatic carbocycles.